The van der Waals surface area contributed by atoms with Gasteiger partial charge in [0, 0.05) is 6.42 Å². The Balaban J connectivity index is 3.90. The summed E-state index contributed by atoms with van der Waals surface area (Å²) < 4.78 is 0. The molecule has 0 heterocycles. The molecule has 5 heteroatoms. The third kappa shape index (κ3) is 4.43. The van der Waals surface area contributed by atoms with Crippen molar-refractivity contribution >= 4 is 18.2 Å². The van der Waals surface area contributed by atoms with Gasteiger partial charge in [0.05, 0.1) is 12.5 Å². The van der Waals surface area contributed by atoms with Gasteiger partial charge in [-0.05, 0) is 0 Å². The van der Waals surface area contributed by atoms with E-state index in [-0.39, 0.29) is 18.7 Å². The van der Waals surface area contributed by atoms with Crippen molar-refractivity contribution in [3.8, 4) is 0 Å². The second-order valence-corrected chi connectivity index (χ2v) is 2.26. The molecule has 0 bridgehead atoms. The van der Waals surface area contributed by atoms with Gasteiger partial charge in [-0.3, -0.25) is 9.59 Å². The van der Waals surface area contributed by atoms with E-state index in [1.807, 2.05) is 0 Å². The van der Waals surface area contributed by atoms with Crippen molar-refractivity contribution in [1.29, 1.82) is 0 Å². The summed E-state index contributed by atoms with van der Waals surface area (Å²) in [5.74, 6) is -1.43. The normalized spacial score (nSPS) is 11.8. The largest absolute Gasteiger partial charge is 0.481 e. The van der Waals surface area contributed by atoms with Crippen molar-refractivity contribution in [1.82, 2.24) is 5.32 Å². The molecule has 0 fully saturated rings. The summed E-state index contributed by atoms with van der Waals surface area (Å²) in [6.45, 7) is 1.62. The highest BCUT2D eigenvalue weighted by molar-refractivity contribution is 5.82. The van der Waals surface area contributed by atoms with Crippen molar-refractivity contribution in [3.63, 3.8) is 0 Å². The molecule has 0 rings (SSSR count). The van der Waals surface area contributed by atoms with Crippen molar-refractivity contribution in [2.24, 2.45) is 0 Å². The lowest BCUT2D eigenvalue weighted by molar-refractivity contribution is -0.138. The third-order valence-electron chi connectivity index (χ3n) is 1.23. The summed E-state index contributed by atoms with van der Waals surface area (Å²) in [6.07, 6.45) is 0.293. The van der Waals surface area contributed by atoms with Crippen LogP contribution in [0.3, 0.4) is 0 Å². The van der Waals surface area contributed by atoms with E-state index in [2.05, 4.69) is 5.32 Å². The number of carbonyl (C=O) groups excluding carboxylic acids is 2. The lowest BCUT2D eigenvalue weighted by Gasteiger charge is -2.08. The zero-order chi connectivity index (χ0) is 9.56. The maximum Gasteiger partial charge on any atom is 0.305 e. The van der Waals surface area contributed by atoms with E-state index >= 15 is 0 Å². The van der Waals surface area contributed by atoms with Crippen molar-refractivity contribution in [3.05, 3.63) is 0 Å². The van der Waals surface area contributed by atoms with Gasteiger partial charge in [-0.25, -0.2) is 0 Å². The Kier molecular flexibility index (Phi) is 4.67. The SMILES string of the molecule is CCC(=O)N[C@H](C=O)CC(=O)O. The Morgan fingerprint density at radius 2 is 2.17 bits per heavy atom. The maximum atomic E-state index is 10.7. The van der Waals surface area contributed by atoms with E-state index in [4.69, 9.17) is 5.11 Å². The lowest BCUT2D eigenvalue weighted by atomic mass is 10.2. The highest BCUT2D eigenvalue weighted by Gasteiger charge is 2.13. The molecule has 0 saturated heterocycles. The van der Waals surface area contributed by atoms with Crippen LogP contribution in [0.1, 0.15) is 19.8 Å². The van der Waals surface area contributed by atoms with Gasteiger partial charge >= 0.3 is 5.97 Å². The minimum atomic E-state index is -1.11. The molecule has 0 spiro atoms. The number of aldehydes is 1. The van der Waals surface area contributed by atoms with Gasteiger partial charge in [-0.1, -0.05) is 6.92 Å². The fourth-order valence-corrected chi connectivity index (χ4v) is 0.630. The average molecular weight is 173 g/mol. The van der Waals surface area contributed by atoms with Crippen LogP contribution in [-0.4, -0.2) is 29.3 Å². The fraction of sp³-hybridized carbons (Fsp3) is 0.571. The zero-order valence-corrected chi connectivity index (χ0v) is 6.74. The van der Waals surface area contributed by atoms with Crippen molar-refractivity contribution in [2.45, 2.75) is 25.8 Å². The zero-order valence-electron chi connectivity index (χ0n) is 6.74. The first-order valence-corrected chi connectivity index (χ1v) is 3.56. The quantitative estimate of drug-likeness (QED) is 0.552. The molecule has 0 aliphatic rings. The molecule has 0 saturated carbocycles. The van der Waals surface area contributed by atoms with Crippen LogP contribution in [0.4, 0.5) is 0 Å². The number of hydrogen-bond acceptors (Lipinski definition) is 3. The predicted molar refractivity (Wildman–Crippen MR) is 40.5 cm³/mol. The van der Waals surface area contributed by atoms with Crippen LogP contribution in [0.25, 0.3) is 0 Å². The van der Waals surface area contributed by atoms with E-state index in [0.29, 0.717) is 6.29 Å². The monoisotopic (exact) mass is 173 g/mol. The van der Waals surface area contributed by atoms with Gasteiger partial charge in [0.15, 0.2) is 0 Å². The van der Waals surface area contributed by atoms with Gasteiger partial charge in [-0.15, -0.1) is 0 Å². The van der Waals surface area contributed by atoms with Gasteiger partial charge in [0.2, 0.25) is 5.91 Å². The van der Waals surface area contributed by atoms with Crippen LogP contribution in [-0.2, 0) is 14.4 Å². The molecule has 0 aromatic heterocycles. The summed E-state index contributed by atoms with van der Waals surface area (Å²) in [4.78, 5) is 31.0. The molecule has 12 heavy (non-hydrogen) atoms. The second kappa shape index (κ2) is 5.29. The molecule has 0 aliphatic carbocycles. The second-order valence-electron chi connectivity index (χ2n) is 2.26. The minimum absolute atomic E-state index is 0.240. The topological polar surface area (TPSA) is 83.5 Å². The minimum Gasteiger partial charge on any atom is -0.481 e. The summed E-state index contributed by atoms with van der Waals surface area (Å²) >= 11 is 0. The molecule has 0 aromatic rings. The highest BCUT2D eigenvalue weighted by Crippen LogP contribution is 1.89. The van der Waals surface area contributed by atoms with Crippen LogP contribution in [0, 0.1) is 0 Å². The van der Waals surface area contributed by atoms with Crippen molar-refractivity contribution in [2.75, 3.05) is 0 Å². The number of carbonyl (C=O) groups is 3. The molecule has 5 nitrogen and oxygen atoms in total. The van der Waals surface area contributed by atoms with Gasteiger partial charge in [0.25, 0.3) is 0 Å². The highest BCUT2D eigenvalue weighted by atomic mass is 16.4. The van der Waals surface area contributed by atoms with Crippen LogP contribution >= 0.6 is 0 Å². The van der Waals surface area contributed by atoms with Crippen LogP contribution in [0.2, 0.25) is 0 Å². The first-order chi connectivity index (χ1) is 5.60. The number of amides is 1. The number of rotatable bonds is 5. The Morgan fingerprint density at radius 3 is 2.50 bits per heavy atom. The molecule has 0 unspecified atom stereocenters. The Labute approximate surface area is 69.8 Å². The molecular formula is C7H11NO4. The van der Waals surface area contributed by atoms with Crippen LogP contribution in [0.15, 0.2) is 0 Å². The van der Waals surface area contributed by atoms with Gasteiger partial charge < -0.3 is 15.2 Å². The average Bonchev–Trinajstić information content (AvgIpc) is 2.02. The summed E-state index contributed by atoms with van der Waals surface area (Å²) in [5, 5.41) is 10.6. The summed E-state index contributed by atoms with van der Waals surface area (Å²) in [5.41, 5.74) is 0. The lowest BCUT2D eigenvalue weighted by Crippen LogP contribution is -2.37. The molecule has 0 radical (unpaired) electrons. The van der Waals surface area contributed by atoms with Crippen LogP contribution < -0.4 is 5.32 Å². The van der Waals surface area contributed by atoms with E-state index < -0.39 is 12.0 Å². The van der Waals surface area contributed by atoms with Crippen molar-refractivity contribution < 1.29 is 19.5 Å². The van der Waals surface area contributed by atoms with Gasteiger partial charge in [0.1, 0.15) is 6.29 Å². The molecule has 68 valence electrons. The molecule has 1 atom stereocenters. The number of carboxylic acid groups (broad SMARTS) is 1. The molecule has 0 aromatic carbocycles. The first kappa shape index (κ1) is 10.6. The summed E-state index contributed by atoms with van der Waals surface area (Å²) in [6, 6.07) is -0.907. The molecular weight excluding hydrogens is 162 g/mol. The first-order valence-electron chi connectivity index (χ1n) is 3.56. The van der Waals surface area contributed by atoms with Crippen LogP contribution in [0.5, 0.6) is 0 Å². The van der Waals surface area contributed by atoms with E-state index in [1.54, 1.807) is 6.92 Å². The fourth-order valence-electron chi connectivity index (χ4n) is 0.630. The Morgan fingerprint density at radius 1 is 1.58 bits per heavy atom. The number of aliphatic carboxylic acids is 1. The summed E-state index contributed by atoms with van der Waals surface area (Å²) in [7, 11) is 0. The maximum absolute atomic E-state index is 10.7. The van der Waals surface area contributed by atoms with E-state index in [0.717, 1.165) is 0 Å². The smallest absolute Gasteiger partial charge is 0.305 e. The molecule has 2 N–H and O–H groups in total. The van der Waals surface area contributed by atoms with Gasteiger partial charge in [-0.2, -0.15) is 0 Å². The Hall–Kier alpha value is -1.39. The number of nitrogens with one attached hydrogen (secondary N) is 1. The predicted octanol–water partition coefficient (Wildman–Crippen LogP) is -0.445. The third-order valence-corrected chi connectivity index (χ3v) is 1.23. The van der Waals surface area contributed by atoms with E-state index in [1.165, 1.54) is 0 Å². The standard InChI is InChI=1S/C7H11NO4/c1-2-6(10)8-5(4-9)3-7(11)12/h4-5H,2-3H2,1H3,(H,8,10)(H,11,12)/t5-/m0/s1. The van der Waals surface area contributed by atoms with E-state index in [9.17, 15) is 14.4 Å². The molecule has 0 aliphatic heterocycles. The molecule has 1 amide bonds. The number of carboxylic acids is 1. The Bertz CT molecular complexity index is 190. The number of hydrogen-bond donors (Lipinski definition) is 2.